The van der Waals surface area contributed by atoms with Crippen LogP contribution < -0.4 is 4.80 Å². The van der Waals surface area contributed by atoms with Crippen LogP contribution in [0.15, 0.2) is 51.7 Å². The van der Waals surface area contributed by atoms with Crippen molar-refractivity contribution in [2.45, 2.75) is 30.6 Å². The molecule has 0 radical (unpaired) electrons. The second-order valence-corrected chi connectivity index (χ2v) is 11.9. The largest absolute Gasteiger partial charge is 0.343 e. The van der Waals surface area contributed by atoms with Gasteiger partial charge >= 0.3 is 0 Å². The summed E-state index contributed by atoms with van der Waals surface area (Å²) in [5, 5.41) is 4.47. The first-order valence-corrected chi connectivity index (χ1v) is 13.9. The molecule has 1 fully saturated rings. The van der Waals surface area contributed by atoms with Gasteiger partial charge in [0.2, 0.25) is 5.91 Å². The van der Waals surface area contributed by atoms with E-state index in [0.717, 1.165) is 34.8 Å². The molecule has 0 bridgehead atoms. The number of hydrogen-bond donors (Lipinski definition) is 0. The van der Waals surface area contributed by atoms with E-state index >= 15 is 0 Å². The summed E-state index contributed by atoms with van der Waals surface area (Å²) >= 11 is 7.65. The molecular formula is C24H28ClN3O3S2. The van der Waals surface area contributed by atoms with Gasteiger partial charge in [0.15, 0.2) is 14.6 Å². The van der Waals surface area contributed by atoms with Crippen molar-refractivity contribution >= 4 is 49.5 Å². The van der Waals surface area contributed by atoms with Gasteiger partial charge in [0.05, 0.1) is 10.6 Å². The summed E-state index contributed by atoms with van der Waals surface area (Å²) in [6.07, 6.45) is 2.85. The fourth-order valence-corrected chi connectivity index (χ4v) is 6.68. The van der Waals surface area contributed by atoms with E-state index in [1.54, 1.807) is 54.8 Å². The number of carbonyl (C=O) groups excluding carboxylic acids is 1. The van der Waals surface area contributed by atoms with Crippen LogP contribution in [0.3, 0.4) is 0 Å². The molecule has 0 unspecified atom stereocenters. The molecule has 6 nitrogen and oxygen atoms in total. The number of benzene rings is 2. The van der Waals surface area contributed by atoms with Crippen molar-refractivity contribution in [3.63, 3.8) is 0 Å². The van der Waals surface area contributed by atoms with Crippen LogP contribution in [-0.4, -0.2) is 49.7 Å². The molecule has 1 amide bonds. The Hall–Kier alpha value is -2.16. The van der Waals surface area contributed by atoms with Crippen molar-refractivity contribution in [3.05, 3.63) is 57.3 Å². The Labute approximate surface area is 203 Å². The van der Waals surface area contributed by atoms with Crippen molar-refractivity contribution in [2.75, 3.05) is 25.9 Å². The highest BCUT2D eigenvalue weighted by Gasteiger charge is 2.25. The number of likely N-dealkylation sites (tertiary alicyclic amines) is 1. The Morgan fingerprint density at radius 3 is 2.55 bits per heavy atom. The predicted octanol–water partition coefficient (Wildman–Crippen LogP) is 4.07. The van der Waals surface area contributed by atoms with Crippen molar-refractivity contribution in [1.29, 1.82) is 0 Å². The van der Waals surface area contributed by atoms with Crippen LogP contribution in [-0.2, 0) is 28.1 Å². The molecule has 1 saturated heterocycles. The van der Waals surface area contributed by atoms with E-state index in [0.29, 0.717) is 24.0 Å². The van der Waals surface area contributed by atoms with Gasteiger partial charge in [-0.3, -0.25) is 9.79 Å². The number of thiazole rings is 1. The van der Waals surface area contributed by atoms with Gasteiger partial charge in [-0.15, -0.1) is 11.3 Å². The molecule has 0 N–H and O–H groups in total. The molecule has 2 heterocycles. The number of fused-ring (bicyclic) bond motifs is 1. The maximum absolute atomic E-state index is 12.8. The van der Waals surface area contributed by atoms with Crippen molar-refractivity contribution in [3.8, 4) is 0 Å². The zero-order valence-electron chi connectivity index (χ0n) is 18.8. The summed E-state index contributed by atoms with van der Waals surface area (Å²) in [5.41, 5.74) is 1.27. The molecular weight excluding hydrogens is 478 g/mol. The number of carbonyl (C=O) groups is 1. The van der Waals surface area contributed by atoms with E-state index < -0.39 is 9.84 Å². The number of halogens is 1. The molecule has 9 heteroatoms. The van der Waals surface area contributed by atoms with Crippen LogP contribution in [0.5, 0.6) is 0 Å². The van der Waals surface area contributed by atoms with Gasteiger partial charge in [0, 0.05) is 49.7 Å². The third-order valence-corrected chi connectivity index (χ3v) is 9.40. The van der Waals surface area contributed by atoms with Crippen LogP contribution in [0.2, 0.25) is 5.02 Å². The third kappa shape index (κ3) is 5.50. The third-order valence-electron chi connectivity index (χ3n) is 6.39. The molecule has 0 spiro atoms. The van der Waals surface area contributed by atoms with Gasteiger partial charge in [-0.25, -0.2) is 8.42 Å². The van der Waals surface area contributed by atoms with Crippen LogP contribution in [0, 0.1) is 5.92 Å². The first-order chi connectivity index (χ1) is 15.8. The lowest BCUT2D eigenvalue weighted by Crippen LogP contribution is -2.39. The topological polar surface area (TPSA) is 71.7 Å². The fourth-order valence-electron chi connectivity index (χ4n) is 4.36. The molecule has 33 heavy (non-hydrogen) atoms. The quantitative estimate of drug-likeness (QED) is 0.507. The van der Waals surface area contributed by atoms with E-state index in [9.17, 15) is 13.2 Å². The van der Waals surface area contributed by atoms with E-state index in [1.807, 2.05) is 11.9 Å². The number of sulfone groups is 1. The standard InChI is InChI=1S/C24H28ClN3O3S2/c1-26-24-27(2)21(16-32-24)13-17-7-10-28(11-8-17)23(29)9-12-33(30,31)22-6-4-18-14-20(25)5-3-19(18)15-22/h3-6,14-17H,7-13H2,1-2H3. The lowest BCUT2D eigenvalue weighted by Gasteiger charge is -2.32. The molecule has 1 aliphatic heterocycles. The Morgan fingerprint density at radius 2 is 1.85 bits per heavy atom. The first kappa shape index (κ1) is 24.0. The molecule has 176 valence electrons. The van der Waals surface area contributed by atoms with Crippen molar-refractivity contribution in [1.82, 2.24) is 9.47 Å². The average molecular weight is 506 g/mol. The summed E-state index contributed by atoms with van der Waals surface area (Å²) in [7, 11) is 0.298. The highest BCUT2D eigenvalue weighted by atomic mass is 35.5. The summed E-state index contributed by atoms with van der Waals surface area (Å²) < 4.78 is 27.8. The van der Waals surface area contributed by atoms with Crippen molar-refractivity contribution < 1.29 is 13.2 Å². The molecule has 0 atom stereocenters. The minimum absolute atomic E-state index is 0.00646. The second-order valence-electron chi connectivity index (χ2n) is 8.54. The van der Waals surface area contributed by atoms with Crippen LogP contribution >= 0.6 is 22.9 Å². The smallest absolute Gasteiger partial charge is 0.223 e. The Morgan fingerprint density at radius 1 is 1.15 bits per heavy atom. The number of rotatable bonds is 6. The highest BCUT2D eigenvalue weighted by Crippen LogP contribution is 2.25. The minimum atomic E-state index is -3.54. The normalized spacial score (nSPS) is 16.0. The van der Waals surface area contributed by atoms with Gasteiger partial charge in [0.1, 0.15) is 0 Å². The number of amides is 1. The molecule has 4 rings (SSSR count). The van der Waals surface area contributed by atoms with Gasteiger partial charge in [-0.1, -0.05) is 23.7 Å². The van der Waals surface area contributed by atoms with Gasteiger partial charge in [-0.2, -0.15) is 0 Å². The molecule has 0 aliphatic carbocycles. The molecule has 1 aliphatic rings. The lowest BCUT2D eigenvalue weighted by molar-refractivity contribution is -0.132. The first-order valence-electron chi connectivity index (χ1n) is 11.0. The summed E-state index contributed by atoms with van der Waals surface area (Å²) in [6, 6.07) is 10.3. The lowest BCUT2D eigenvalue weighted by atomic mass is 9.92. The molecule has 2 aromatic carbocycles. The van der Waals surface area contributed by atoms with E-state index in [2.05, 4.69) is 14.9 Å². The van der Waals surface area contributed by atoms with E-state index in [1.165, 1.54) is 5.69 Å². The molecule has 1 aromatic heterocycles. The number of piperidine rings is 1. The number of nitrogens with zero attached hydrogens (tertiary/aromatic N) is 3. The zero-order valence-corrected chi connectivity index (χ0v) is 21.2. The maximum Gasteiger partial charge on any atom is 0.223 e. The fraction of sp³-hybridized carbons (Fsp3) is 0.417. The number of aromatic nitrogens is 1. The molecule has 3 aromatic rings. The van der Waals surface area contributed by atoms with Crippen LogP contribution in [0.4, 0.5) is 0 Å². The second kappa shape index (κ2) is 9.99. The summed E-state index contributed by atoms with van der Waals surface area (Å²) in [4.78, 5) is 20.1. The average Bonchev–Trinajstić information content (AvgIpc) is 3.16. The SMILES string of the molecule is CN=c1scc(CC2CCN(C(=O)CCS(=O)(=O)c3ccc4cc(Cl)ccc4c3)CC2)n1C. The maximum atomic E-state index is 12.8. The Kier molecular flexibility index (Phi) is 7.26. The monoisotopic (exact) mass is 505 g/mol. The summed E-state index contributed by atoms with van der Waals surface area (Å²) in [5.74, 6) is 0.256. The van der Waals surface area contributed by atoms with Gasteiger partial charge in [0.25, 0.3) is 0 Å². The van der Waals surface area contributed by atoms with E-state index in [-0.39, 0.29) is 23.0 Å². The van der Waals surface area contributed by atoms with Crippen LogP contribution in [0.1, 0.15) is 25.0 Å². The van der Waals surface area contributed by atoms with Crippen molar-refractivity contribution in [2.24, 2.45) is 18.0 Å². The van der Waals surface area contributed by atoms with E-state index in [4.69, 9.17) is 11.6 Å². The Bertz CT molecular complexity index is 1340. The minimum Gasteiger partial charge on any atom is -0.343 e. The van der Waals surface area contributed by atoms with Gasteiger partial charge < -0.3 is 9.47 Å². The summed E-state index contributed by atoms with van der Waals surface area (Å²) in [6.45, 7) is 1.36. The number of hydrogen-bond acceptors (Lipinski definition) is 5. The zero-order chi connectivity index (χ0) is 23.6. The Balaban J connectivity index is 1.31. The van der Waals surface area contributed by atoms with Crippen LogP contribution in [0.25, 0.3) is 10.8 Å². The molecule has 0 saturated carbocycles. The highest BCUT2D eigenvalue weighted by molar-refractivity contribution is 7.91. The predicted molar refractivity (Wildman–Crippen MR) is 133 cm³/mol. The van der Waals surface area contributed by atoms with Gasteiger partial charge in [-0.05, 0) is 60.2 Å².